The second-order valence-electron chi connectivity index (χ2n) is 9.71. The first-order chi connectivity index (χ1) is 19.4. The van der Waals surface area contributed by atoms with Gasteiger partial charge in [-0.15, -0.1) is 5.10 Å². The van der Waals surface area contributed by atoms with Crippen LogP contribution in [0.15, 0.2) is 55.2 Å². The van der Waals surface area contributed by atoms with Gasteiger partial charge in [-0.1, -0.05) is 0 Å². The van der Waals surface area contributed by atoms with E-state index in [0.29, 0.717) is 17.6 Å². The number of nitrogen functional groups attached to an aromatic ring is 1. The summed E-state index contributed by atoms with van der Waals surface area (Å²) in [6.45, 7) is 3.82. The molecule has 1 saturated heterocycles. The van der Waals surface area contributed by atoms with Gasteiger partial charge in [0.15, 0.2) is 11.6 Å². The summed E-state index contributed by atoms with van der Waals surface area (Å²) in [7, 11) is 3.27. The third-order valence-corrected chi connectivity index (χ3v) is 7.12. The molecule has 1 aliphatic rings. The van der Waals surface area contributed by atoms with Crippen LogP contribution in [0.5, 0.6) is 5.88 Å². The molecule has 0 radical (unpaired) electrons. The van der Waals surface area contributed by atoms with Gasteiger partial charge in [-0.05, 0) is 29.8 Å². The third kappa shape index (κ3) is 4.67. The molecule has 5 aromatic heterocycles. The Hall–Kier alpha value is -5.02. The number of halogens is 1. The number of rotatable bonds is 6. The average Bonchev–Trinajstić information content (AvgIpc) is 3.55. The number of piperazine rings is 1. The first-order valence-electron chi connectivity index (χ1n) is 12.8. The minimum atomic E-state index is -0.452. The summed E-state index contributed by atoms with van der Waals surface area (Å²) in [6.07, 6.45) is 9.03. The van der Waals surface area contributed by atoms with E-state index in [1.54, 1.807) is 21.6 Å². The van der Waals surface area contributed by atoms with Crippen molar-refractivity contribution >= 4 is 17.2 Å². The topological polar surface area (TPSA) is 126 Å². The highest BCUT2D eigenvalue weighted by Gasteiger charge is 2.21. The van der Waals surface area contributed by atoms with Gasteiger partial charge in [-0.2, -0.15) is 10.4 Å². The lowest BCUT2D eigenvalue weighted by Crippen LogP contribution is -2.46. The van der Waals surface area contributed by atoms with E-state index in [1.165, 1.54) is 13.2 Å². The maximum absolute atomic E-state index is 14.0. The second kappa shape index (κ2) is 10.3. The third-order valence-electron chi connectivity index (χ3n) is 7.12. The lowest BCUT2D eigenvalue weighted by Gasteiger charge is -2.35. The highest BCUT2D eigenvalue weighted by molar-refractivity contribution is 5.90. The summed E-state index contributed by atoms with van der Waals surface area (Å²) < 4.78 is 22.3. The number of ether oxygens (including phenoxy) is 1. The molecule has 0 bridgehead atoms. The molecule has 11 nitrogen and oxygen atoms in total. The largest absolute Gasteiger partial charge is 0.479 e. The number of hydrogen-bond acceptors (Lipinski definition) is 9. The molecule has 0 unspecified atom stereocenters. The van der Waals surface area contributed by atoms with Gasteiger partial charge in [0, 0.05) is 86.8 Å². The predicted octanol–water partition coefficient (Wildman–Crippen LogP) is 3.12. The Labute approximate surface area is 229 Å². The van der Waals surface area contributed by atoms with E-state index in [2.05, 4.69) is 31.1 Å². The van der Waals surface area contributed by atoms with Crippen LogP contribution in [-0.2, 0) is 13.6 Å². The normalized spacial score (nSPS) is 14.0. The quantitative estimate of drug-likeness (QED) is 0.347. The number of fused-ring (bicyclic) bond motifs is 1. The minimum Gasteiger partial charge on any atom is -0.479 e. The highest BCUT2D eigenvalue weighted by Crippen LogP contribution is 2.34. The zero-order chi connectivity index (χ0) is 27.8. The van der Waals surface area contributed by atoms with Crippen molar-refractivity contribution in [2.75, 3.05) is 43.9 Å². The van der Waals surface area contributed by atoms with E-state index in [9.17, 15) is 9.65 Å². The molecule has 6 heterocycles. The second-order valence-corrected chi connectivity index (χ2v) is 9.71. The van der Waals surface area contributed by atoms with E-state index in [1.807, 2.05) is 43.8 Å². The lowest BCUT2D eigenvalue weighted by atomic mass is 10.0. The summed E-state index contributed by atoms with van der Waals surface area (Å²) in [5.74, 6) is 0.607. The summed E-state index contributed by atoms with van der Waals surface area (Å²) >= 11 is 0. The van der Waals surface area contributed by atoms with Crippen molar-refractivity contribution < 1.29 is 9.13 Å². The molecule has 0 aromatic carbocycles. The Morgan fingerprint density at radius 3 is 2.50 bits per heavy atom. The molecule has 6 rings (SSSR count). The number of aromatic nitrogens is 6. The highest BCUT2D eigenvalue weighted by atomic mass is 19.1. The Morgan fingerprint density at radius 1 is 1.02 bits per heavy atom. The van der Waals surface area contributed by atoms with Crippen LogP contribution in [0.1, 0.15) is 11.1 Å². The molecule has 0 amide bonds. The van der Waals surface area contributed by atoms with Gasteiger partial charge in [0.1, 0.15) is 17.5 Å². The van der Waals surface area contributed by atoms with Crippen molar-refractivity contribution in [3.8, 4) is 34.2 Å². The van der Waals surface area contributed by atoms with Crippen molar-refractivity contribution in [1.29, 1.82) is 5.26 Å². The predicted molar refractivity (Wildman–Crippen MR) is 148 cm³/mol. The molecule has 0 spiro atoms. The molecular weight excluding hydrogens is 511 g/mol. The number of aryl methyl sites for hydroxylation is 1. The lowest BCUT2D eigenvalue weighted by molar-refractivity contribution is 0.248. The summed E-state index contributed by atoms with van der Waals surface area (Å²) in [5, 5.41) is 18.4. The monoisotopic (exact) mass is 538 g/mol. The van der Waals surface area contributed by atoms with Crippen LogP contribution >= 0.6 is 0 Å². The van der Waals surface area contributed by atoms with Gasteiger partial charge in [-0.25, -0.2) is 18.9 Å². The number of nitrogens with zero attached hydrogens (tertiary/aromatic N) is 9. The molecule has 2 N–H and O–H groups in total. The first-order valence-corrected chi connectivity index (χ1v) is 12.8. The first kappa shape index (κ1) is 25.3. The van der Waals surface area contributed by atoms with Gasteiger partial charge < -0.3 is 15.4 Å². The maximum Gasteiger partial charge on any atom is 0.250 e. The molecule has 12 heteroatoms. The molecule has 202 valence electrons. The number of nitriles is 1. The summed E-state index contributed by atoms with van der Waals surface area (Å²) in [6, 6.07) is 9.69. The summed E-state index contributed by atoms with van der Waals surface area (Å²) in [4.78, 5) is 13.3. The van der Waals surface area contributed by atoms with Crippen molar-refractivity contribution in [2.24, 2.45) is 7.05 Å². The van der Waals surface area contributed by atoms with Gasteiger partial charge >= 0.3 is 0 Å². The standard InChI is InChI=1S/C28H27FN10O/c1-36-16-21(14-34-36)20-10-22(26-23(11-30)27(31)35-39(26)17-20)19-3-4-25(32-13-19)38-7-5-37(6-8-38)15-18-9-24(29)28(40-2)33-12-18/h3-4,9-10,12-14,16-17H,5-8,15H2,1-2H3,(H2,31,35). The van der Waals surface area contributed by atoms with Crippen LogP contribution < -0.4 is 15.4 Å². The molecule has 0 saturated carbocycles. The molecule has 1 aliphatic heterocycles. The SMILES string of the molecule is COc1ncc(CN2CCN(c3ccc(-c4cc(-c5cnn(C)c5)cn5nc(N)c(C#N)c45)cn3)CC2)cc1F. The van der Waals surface area contributed by atoms with E-state index >= 15 is 0 Å². The zero-order valence-corrected chi connectivity index (χ0v) is 22.1. The van der Waals surface area contributed by atoms with Crippen molar-refractivity contribution in [3.05, 3.63) is 72.2 Å². The molecule has 0 atom stereocenters. The van der Waals surface area contributed by atoms with Crippen LogP contribution in [0.2, 0.25) is 0 Å². The Kier molecular flexibility index (Phi) is 6.49. The molecule has 0 aliphatic carbocycles. The zero-order valence-electron chi connectivity index (χ0n) is 22.1. The molecular formula is C28H27FN10O. The van der Waals surface area contributed by atoms with Crippen LogP contribution in [-0.4, -0.2) is 67.6 Å². The van der Waals surface area contributed by atoms with Crippen molar-refractivity contribution in [2.45, 2.75) is 6.54 Å². The van der Waals surface area contributed by atoms with Crippen molar-refractivity contribution in [1.82, 2.24) is 34.3 Å². The van der Waals surface area contributed by atoms with Crippen LogP contribution in [0.3, 0.4) is 0 Å². The van der Waals surface area contributed by atoms with Crippen LogP contribution in [0.4, 0.5) is 16.0 Å². The van der Waals surface area contributed by atoms with Gasteiger partial charge in [0.25, 0.3) is 0 Å². The van der Waals surface area contributed by atoms with E-state index in [-0.39, 0.29) is 11.7 Å². The maximum atomic E-state index is 14.0. The fourth-order valence-electron chi connectivity index (χ4n) is 5.08. The minimum absolute atomic E-state index is 0.00757. The fourth-order valence-corrected chi connectivity index (χ4v) is 5.08. The number of nitrogens with two attached hydrogens (primary N) is 1. The fraction of sp³-hybridized carbons (Fsp3) is 0.250. The smallest absolute Gasteiger partial charge is 0.250 e. The average molecular weight is 539 g/mol. The van der Waals surface area contributed by atoms with E-state index in [4.69, 9.17) is 15.5 Å². The number of pyridine rings is 3. The molecule has 40 heavy (non-hydrogen) atoms. The molecule has 1 fully saturated rings. The summed E-state index contributed by atoms with van der Waals surface area (Å²) in [5.41, 5.74) is 11.3. The van der Waals surface area contributed by atoms with Gasteiger partial charge in [0.05, 0.1) is 18.8 Å². The van der Waals surface area contributed by atoms with Gasteiger partial charge in [-0.3, -0.25) is 9.58 Å². The van der Waals surface area contributed by atoms with E-state index < -0.39 is 5.82 Å². The Bertz CT molecular complexity index is 1730. The number of methoxy groups -OCH3 is 1. The molecule has 5 aromatic rings. The van der Waals surface area contributed by atoms with E-state index in [0.717, 1.165) is 59.8 Å². The Morgan fingerprint density at radius 2 is 1.85 bits per heavy atom. The Balaban J connectivity index is 1.22. The number of hydrogen-bond donors (Lipinski definition) is 1. The van der Waals surface area contributed by atoms with Crippen molar-refractivity contribution in [3.63, 3.8) is 0 Å². The number of anilines is 2. The van der Waals surface area contributed by atoms with Gasteiger partial charge in [0.2, 0.25) is 5.88 Å². The van der Waals surface area contributed by atoms with Crippen LogP contribution in [0, 0.1) is 17.1 Å². The van der Waals surface area contributed by atoms with Crippen LogP contribution in [0.25, 0.3) is 27.8 Å².